The molecule has 0 aliphatic carbocycles. The summed E-state index contributed by atoms with van der Waals surface area (Å²) in [6.07, 6.45) is 0.856. The van der Waals surface area contributed by atoms with Gasteiger partial charge in [0.05, 0.1) is 6.21 Å². The Balaban J connectivity index is 1.59. The third-order valence-corrected chi connectivity index (χ3v) is 3.53. The molecule has 3 rings (SSSR count). The van der Waals surface area contributed by atoms with Gasteiger partial charge in [0.2, 0.25) is 6.10 Å². The largest absolute Gasteiger partial charge is 0.485 e. The molecule has 0 radical (unpaired) electrons. The minimum Gasteiger partial charge on any atom is -0.485 e. The van der Waals surface area contributed by atoms with Gasteiger partial charge in [0.1, 0.15) is 6.61 Å². The van der Waals surface area contributed by atoms with Crippen molar-refractivity contribution in [1.29, 1.82) is 0 Å². The molecule has 5 nitrogen and oxygen atoms in total. The Bertz CT molecular complexity index is 718. The molecule has 1 aliphatic heterocycles. The number of ether oxygens (including phenoxy) is 2. The highest BCUT2D eigenvalue weighted by molar-refractivity contribution is 9.10. The maximum absolute atomic E-state index is 12.0. The number of para-hydroxylation sites is 2. The Labute approximate surface area is 136 Å². The highest BCUT2D eigenvalue weighted by Gasteiger charge is 2.26. The summed E-state index contributed by atoms with van der Waals surface area (Å²) < 4.78 is 12.0. The third-order valence-electron chi connectivity index (χ3n) is 3.04. The average Bonchev–Trinajstić information content (AvgIpc) is 2.54. The number of fused-ring (bicyclic) bond motifs is 1. The molecule has 0 aromatic heterocycles. The molecule has 1 atom stereocenters. The van der Waals surface area contributed by atoms with E-state index in [1.54, 1.807) is 18.3 Å². The number of rotatable bonds is 3. The van der Waals surface area contributed by atoms with Crippen LogP contribution in [0, 0.1) is 0 Å². The lowest BCUT2D eigenvalue weighted by molar-refractivity contribution is -0.130. The molecule has 1 amide bonds. The normalized spacial score (nSPS) is 16.5. The number of carbonyl (C=O) groups is 1. The molecule has 1 aliphatic rings. The van der Waals surface area contributed by atoms with Crippen LogP contribution >= 0.6 is 15.9 Å². The molecular weight excluding hydrogens is 348 g/mol. The Morgan fingerprint density at radius 3 is 2.86 bits per heavy atom. The molecule has 0 saturated heterocycles. The molecule has 112 valence electrons. The van der Waals surface area contributed by atoms with Gasteiger partial charge < -0.3 is 9.47 Å². The molecular formula is C16H13BrN2O3. The molecule has 1 heterocycles. The van der Waals surface area contributed by atoms with E-state index in [2.05, 4.69) is 26.5 Å². The monoisotopic (exact) mass is 360 g/mol. The highest BCUT2D eigenvalue weighted by Crippen LogP contribution is 2.30. The molecule has 0 spiro atoms. The van der Waals surface area contributed by atoms with Crippen LogP contribution in [-0.2, 0) is 4.79 Å². The van der Waals surface area contributed by atoms with Crippen LogP contribution in [0.2, 0.25) is 0 Å². The van der Waals surface area contributed by atoms with E-state index in [4.69, 9.17) is 9.47 Å². The number of hydrogen-bond acceptors (Lipinski definition) is 4. The van der Waals surface area contributed by atoms with Crippen molar-refractivity contribution < 1.29 is 14.3 Å². The summed E-state index contributed by atoms with van der Waals surface area (Å²) in [5.74, 6) is 0.856. The first kappa shape index (κ1) is 14.6. The van der Waals surface area contributed by atoms with E-state index in [0.717, 1.165) is 10.0 Å². The number of hydrazone groups is 1. The lowest BCUT2D eigenvalue weighted by atomic mass is 10.2. The van der Waals surface area contributed by atoms with Crippen LogP contribution in [0.1, 0.15) is 5.56 Å². The number of halogens is 1. The fourth-order valence-corrected chi connectivity index (χ4v) is 2.39. The minimum atomic E-state index is -0.713. The zero-order valence-corrected chi connectivity index (χ0v) is 13.1. The SMILES string of the molecule is O=C(N/N=C\c1cccc(Br)c1)[C@H]1COc2ccccc2O1. The summed E-state index contributed by atoms with van der Waals surface area (Å²) in [6.45, 7) is 0.162. The van der Waals surface area contributed by atoms with Crippen LogP contribution in [0.3, 0.4) is 0 Å². The molecule has 0 bridgehead atoms. The highest BCUT2D eigenvalue weighted by atomic mass is 79.9. The third kappa shape index (κ3) is 3.46. The maximum atomic E-state index is 12.0. The topological polar surface area (TPSA) is 59.9 Å². The molecule has 1 N–H and O–H groups in total. The first-order valence-electron chi connectivity index (χ1n) is 6.69. The Hall–Kier alpha value is -2.34. The zero-order valence-electron chi connectivity index (χ0n) is 11.5. The summed E-state index contributed by atoms with van der Waals surface area (Å²) in [4.78, 5) is 12.0. The molecule has 0 fully saturated rings. The van der Waals surface area contributed by atoms with Gasteiger partial charge in [-0.05, 0) is 29.8 Å². The summed E-state index contributed by atoms with van der Waals surface area (Å²) in [5.41, 5.74) is 3.34. The number of nitrogens with zero attached hydrogens (tertiary/aromatic N) is 1. The lowest BCUT2D eigenvalue weighted by Gasteiger charge is -2.24. The van der Waals surface area contributed by atoms with Gasteiger partial charge in [-0.15, -0.1) is 0 Å². The Morgan fingerprint density at radius 2 is 2.05 bits per heavy atom. The van der Waals surface area contributed by atoms with Crippen molar-refractivity contribution in [2.24, 2.45) is 5.10 Å². The Kier molecular flexibility index (Phi) is 4.39. The van der Waals surface area contributed by atoms with E-state index in [-0.39, 0.29) is 12.5 Å². The van der Waals surface area contributed by atoms with Gasteiger partial charge in [0.15, 0.2) is 11.5 Å². The standard InChI is InChI=1S/C16H13BrN2O3/c17-12-5-3-4-11(8-12)9-18-19-16(20)15-10-21-13-6-1-2-7-14(13)22-15/h1-9,15H,10H2,(H,19,20)/b18-9-/t15-/m1/s1. The van der Waals surface area contributed by atoms with Gasteiger partial charge in [-0.2, -0.15) is 5.10 Å². The van der Waals surface area contributed by atoms with Crippen LogP contribution in [-0.4, -0.2) is 24.8 Å². The van der Waals surface area contributed by atoms with E-state index in [1.165, 1.54) is 0 Å². The van der Waals surface area contributed by atoms with Crippen LogP contribution < -0.4 is 14.9 Å². The van der Waals surface area contributed by atoms with Crippen molar-refractivity contribution in [2.45, 2.75) is 6.10 Å². The quantitative estimate of drug-likeness (QED) is 0.676. The molecule has 6 heteroatoms. The van der Waals surface area contributed by atoms with Gasteiger partial charge in [-0.1, -0.05) is 40.2 Å². The molecule has 0 saturated carbocycles. The fourth-order valence-electron chi connectivity index (χ4n) is 1.98. The van der Waals surface area contributed by atoms with Crippen molar-refractivity contribution in [2.75, 3.05) is 6.61 Å². The summed E-state index contributed by atoms with van der Waals surface area (Å²) in [7, 11) is 0. The van der Waals surface area contributed by atoms with Crippen LogP contribution in [0.5, 0.6) is 11.5 Å². The van der Waals surface area contributed by atoms with Crippen LogP contribution in [0.25, 0.3) is 0 Å². The first-order chi connectivity index (χ1) is 10.7. The second kappa shape index (κ2) is 6.62. The number of amides is 1. The van der Waals surface area contributed by atoms with E-state index in [9.17, 15) is 4.79 Å². The predicted molar refractivity (Wildman–Crippen MR) is 86.2 cm³/mol. The number of hydrogen-bond donors (Lipinski definition) is 1. The van der Waals surface area contributed by atoms with E-state index >= 15 is 0 Å². The van der Waals surface area contributed by atoms with Crippen molar-refractivity contribution >= 4 is 28.1 Å². The van der Waals surface area contributed by atoms with E-state index in [0.29, 0.717) is 11.5 Å². The molecule has 2 aromatic carbocycles. The maximum Gasteiger partial charge on any atom is 0.284 e. The summed E-state index contributed by atoms with van der Waals surface area (Å²) >= 11 is 3.38. The molecule has 22 heavy (non-hydrogen) atoms. The van der Waals surface area contributed by atoms with Gasteiger partial charge in [-0.25, -0.2) is 5.43 Å². The van der Waals surface area contributed by atoms with E-state index < -0.39 is 6.10 Å². The predicted octanol–water partition coefficient (Wildman–Crippen LogP) is 2.74. The van der Waals surface area contributed by atoms with Crippen molar-refractivity contribution in [3.05, 3.63) is 58.6 Å². The van der Waals surface area contributed by atoms with Crippen molar-refractivity contribution in [1.82, 2.24) is 5.43 Å². The van der Waals surface area contributed by atoms with Crippen molar-refractivity contribution in [3.63, 3.8) is 0 Å². The number of nitrogens with one attached hydrogen (secondary N) is 1. The van der Waals surface area contributed by atoms with Gasteiger partial charge >= 0.3 is 0 Å². The van der Waals surface area contributed by atoms with E-state index in [1.807, 2.05) is 36.4 Å². The second-order valence-corrected chi connectivity index (χ2v) is 5.57. The lowest BCUT2D eigenvalue weighted by Crippen LogP contribution is -2.42. The van der Waals surface area contributed by atoms with Crippen molar-refractivity contribution in [3.8, 4) is 11.5 Å². The zero-order chi connectivity index (χ0) is 15.4. The average molecular weight is 361 g/mol. The summed E-state index contributed by atoms with van der Waals surface area (Å²) in [6, 6.07) is 14.8. The Morgan fingerprint density at radius 1 is 1.23 bits per heavy atom. The van der Waals surface area contributed by atoms with Gasteiger partial charge in [0, 0.05) is 4.47 Å². The van der Waals surface area contributed by atoms with Crippen LogP contribution in [0.4, 0.5) is 0 Å². The van der Waals surface area contributed by atoms with Gasteiger partial charge in [-0.3, -0.25) is 4.79 Å². The second-order valence-electron chi connectivity index (χ2n) is 4.65. The summed E-state index contributed by atoms with van der Waals surface area (Å²) in [5, 5.41) is 3.93. The molecule has 2 aromatic rings. The fraction of sp³-hybridized carbons (Fsp3) is 0.125. The number of benzene rings is 2. The molecule has 0 unspecified atom stereocenters. The van der Waals surface area contributed by atoms with Crippen LogP contribution in [0.15, 0.2) is 58.1 Å². The first-order valence-corrected chi connectivity index (χ1v) is 7.48. The van der Waals surface area contributed by atoms with Gasteiger partial charge in [0.25, 0.3) is 5.91 Å². The smallest absolute Gasteiger partial charge is 0.284 e. The minimum absolute atomic E-state index is 0.162. The number of carbonyl (C=O) groups excluding carboxylic acids is 1.